The normalized spacial score (nSPS) is 13.4. The zero-order chi connectivity index (χ0) is 13.1. The van der Waals surface area contributed by atoms with E-state index in [4.69, 9.17) is 9.88 Å². The zero-order valence-corrected chi connectivity index (χ0v) is 11.6. The van der Waals surface area contributed by atoms with Crippen molar-refractivity contribution in [2.75, 3.05) is 12.4 Å². The van der Waals surface area contributed by atoms with E-state index < -0.39 is 15.8 Å². The maximum Gasteiger partial charge on any atom is 0.209 e. The molecule has 2 N–H and O–H groups in total. The molecule has 0 heterocycles. The van der Waals surface area contributed by atoms with Gasteiger partial charge in [0.1, 0.15) is 0 Å². The van der Waals surface area contributed by atoms with E-state index in [1.54, 1.807) is 13.0 Å². The maximum absolute atomic E-state index is 13.3. The van der Waals surface area contributed by atoms with E-state index in [1.807, 2.05) is 0 Å². The first kappa shape index (κ1) is 14.4. The van der Waals surface area contributed by atoms with E-state index in [-0.39, 0.29) is 24.0 Å². The van der Waals surface area contributed by atoms with Crippen LogP contribution in [0.4, 0.5) is 4.39 Å². The second kappa shape index (κ2) is 5.79. The van der Waals surface area contributed by atoms with Crippen LogP contribution in [-0.2, 0) is 10.0 Å². The number of sulfonamides is 1. The Kier molecular flexibility index (Phi) is 4.91. The molecule has 96 valence electrons. The Hall–Kier alpha value is -0.660. The molecule has 0 amide bonds. The van der Waals surface area contributed by atoms with Gasteiger partial charge in [0.15, 0.2) is 11.6 Å². The van der Waals surface area contributed by atoms with Crippen LogP contribution in [0.15, 0.2) is 22.7 Å². The van der Waals surface area contributed by atoms with Gasteiger partial charge in [-0.2, -0.15) is 0 Å². The molecule has 1 unspecified atom stereocenters. The van der Waals surface area contributed by atoms with Gasteiger partial charge in [0.2, 0.25) is 10.0 Å². The van der Waals surface area contributed by atoms with Gasteiger partial charge in [-0.1, -0.05) is 22.9 Å². The summed E-state index contributed by atoms with van der Waals surface area (Å²) in [6.07, 6.45) is 0. The van der Waals surface area contributed by atoms with Gasteiger partial charge in [-0.15, -0.1) is 0 Å². The monoisotopic (exact) mass is 325 g/mol. The molecule has 0 saturated carbocycles. The van der Waals surface area contributed by atoms with Crippen molar-refractivity contribution in [2.45, 2.75) is 6.92 Å². The summed E-state index contributed by atoms with van der Waals surface area (Å²) in [5.74, 6) is -0.893. The number of hydrogen-bond donors (Lipinski definition) is 1. The van der Waals surface area contributed by atoms with Crippen molar-refractivity contribution in [3.63, 3.8) is 0 Å². The highest BCUT2D eigenvalue weighted by atomic mass is 79.9. The summed E-state index contributed by atoms with van der Waals surface area (Å²) in [6, 6.07) is 4.39. The van der Waals surface area contributed by atoms with Gasteiger partial charge in [-0.25, -0.2) is 17.9 Å². The van der Waals surface area contributed by atoms with E-state index in [1.165, 1.54) is 12.1 Å². The summed E-state index contributed by atoms with van der Waals surface area (Å²) in [7, 11) is -3.53. The number of primary sulfonamides is 1. The largest absolute Gasteiger partial charge is 0.490 e. The Morgan fingerprint density at radius 1 is 1.53 bits per heavy atom. The molecule has 0 spiro atoms. The standard InChI is InChI=1S/C10H13BrFNO3S/c1-7(6-17(13,14)15)5-16-10-3-2-8(11)4-9(10)12/h2-4,7H,5-6H2,1H3,(H2,13,14,15). The van der Waals surface area contributed by atoms with Crippen molar-refractivity contribution in [1.82, 2.24) is 0 Å². The fraction of sp³-hybridized carbons (Fsp3) is 0.400. The van der Waals surface area contributed by atoms with Crippen LogP contribution in [0.1, 0.15) is 6.92 Å². The van der Waals surface area contributed by atoms with Gasteiger partial charge in [0, 0.05) is 10.4 Å². The van der Waals surface area contributed by atoms with Crippen LogP contribution in [-0.4, -0.2) is 20.8 Å². The first-order valence-corrected chi connectivity index (χ1v) is 7.37. The molecule has 1 atom stereocenters. The molecule has 17 heavy (non-hydrogen) atoms. The average molecular weight is 326 g/mol. The number of rotatable bonds is 5. The lowest BCUT2D eigenvalue weighted by Gasteiger charge is -2.12. The van der Waals surface area contributed by atoms with Crippen molar-refractivity contribution < 1.29 is 17.5 Å². The molecule has 7 heteroatoms. The van der Waals surface area contributed by atoms with E-state index in [2.05, 4.69) is 15.9 Å². The highest BCUT2D eigenvalue weighted by molar-refractivity contribution is 9.10. The summed E-state index contributed by atoms with van der Waals surface area (Å²) < 4.78 is 40.7. The second-order valence-corrected chi connectivity index (χ2v) is 6.40. The number of halogens is 2. The minimum Gasteiger partial charge on any atom is -0.490 e. The molecule has 1 aromatic rings. The van der Waals surface area contributed by atoms with E-state index in [0.29, 0.717) is 4.47 Å². The smallest absolute Gasteiger partial charge is 0.209 e. The van der Waals surface area contributed by atoms with Gasteiger partial charge in [0.05, 0.1) is 12.4 Å². The lowest BCUT2D eigenvalue weighted by Crippen LogP contribution is -2.25. The average Bonchev–Trinajstić information content (AvgIpc) is 2.13. The molecule has 0 aliphatic heterocycles. The Morgan fingerprint density at radius 2 is 2.18 bits per heavy atom. The highest BCUT2D eigenvalue weighted by Gasteiger charge is 2.13. The van der Waals surface area contributed by atoms with Crippen LogP contribution in [0.3, 0.4) is 0 Å². The van der Waals surface area contributed by atoms with Crippen molar-refractivity contribution in [1.29, 1.82) is 0 Å². The molecule has 0 aliphatic carbocycles. The molecule has 0 aromatic heterocycles. The number of ether oxygens (including phenoxy) is 1. The quantitative estimate of drug-likeness (QED) is 0.898. The van der Waals surface area contributed by atoms with Crippen molar-refractivity contribution in [3.8, 4) is 5.75 Å². The van der Waals surface area contributed by atoms with E-state index in [0.717, 1.165) is 0 Å². The summed E-state index contributed by atoms with van der Waals surface area (Å²) in [5, 5.41) is 4.89. The molecular weight excluding hydrogens is 313 g/mol. The van der Waals surface area contributed by atoms with Crippen LogP contribution in [0, 0.1) is 11.7 Å². The maximum atomic E-state index is 13.3. The summed E-state index contributed by atoms with van der Waals surface area (Å²) in [6.45, 7) is 1.76. The predicted molar refractivity (Wildman–Crippen MR) is 66.7 cm³/mol. The van der Waals surface area contributed by atoms with Crippen LogP contribution in [0.25, 0.3) is 0 Å². The minimum absolute atomic E-state index is 0.0921. The molecule has 1 rings (SSSR count). The van der Waals surface area contributed by atoms with Gasteiger partial charge < -0.3 is 4.74 Å². The predicted octanol–water partition coefficient (Wildman–Crippen LogP) is 1.89. The first-order chi connectivity index (χ1) is 7.78. The third-order valence-corrected chi connectivity index (χ3v) is 3.46. The first-order valence-electron chi connectivity index (χ1n) is 4.86. The minimum atomic E-state index is -3.53. The molecule has 1 aromatic carbocycles. The molecule has 0 fully saturated rings. The molecule has 0 saturated heterocycles. The Labute approximate surface area is 108 Å². The van der Waals surface area contributed by atoms with Gasteiger partial charge >= 0.3 is 0 Å². The lowest BCUT2D eigenvalue weighted by atomic mass is 10.2. The second-order valence-electron chi connectivity index (χ2n) is 3.82. The van der Waals surface area contributed by atoms with Crippen molar-refractivity contribution in [2.24, 2.45) is 11.1 Å². The summed E-state index contributed by atoms with van der Waals surface area (Å²) >= 11 is 3.12. The number of nitrogens with two attached hydrogens (primary N) is 1. The third kappa shape index (κ3) is 5.47. The Bertz CT molecular complexity index is 492. The Morgan fingerprint density at radius 3 is 2.71 bits per heavy atom. The summed E-state index contributed by atoms with van der Waals surface area (Å²) in [4.78, 5) is 0. The Balaban J connectivity index is 2.56. The van der Waals surface area contributed by atoms with Crippen LogP contribution >= 0.6 is 15.9 Å². The van der Waals surface area contributed by atoms with Crippen LogP contribution in [0.2, 0.25) is 0 Å². The molecule has 4 nitrogen and oxygen atoms in total. The number of hydrogen-bond acceptors (Lipinski definition) is 3. The fourth-order valence-electron chi connectivity index (χ4n) is 1.27. The van der Waals surface area contributed by atoms with E-state index in [9.17, 15) is 12.8 Å². The fourth-order valence-corrected chi connectivity index (χ4v) is 2.49. The number of benzene rings is 1. The van der Waals surface area contributed by atoms with Crippen molar-refractivity contribution in [3.05, 3.63) is 28.5 Å². The molecule has 0 bridgehead atoms. The zero-order valence-electron chi connectivity index (χ0n) is 9.19. The van der Waals surface area contributed by atoms with Gasteiger partial charge in [-0.3, -0.25) is 0 Å². The van der Waals surface area contributed by atoms with Crippen LogP contribution in [0.5, 0.6) is 5.75 Å². The molecule has 0 radical (unpaired) electrons. The van der Waals surface area contributed by atoms with Gasteiger partial charge in [0.25, 0.3) is 0 Å². The molecular formula is C10H13BrFNO3S. The van der Waals surface area contributed by atoms with E-state index >= 15 is 0 Å². The SMILES string of the molecule is CC(COc1ccc(Br)cc1F)CS(N)(=O)=O. The topological polar surface area (TPSA) is 69.4 Å². The summed E-state index contributed by atoms with van der Waals surface area (Å²) in [5.41, 5.74) is 0. The molecule has 0 aliphatic rings. The van der Waals surface area contributed by atoms with Crippen molar-refractivity contribution >= 4 is 26.0 Å². The highest BCUT2D eigenvalue weighted by Crippen LogP contribution is 2.21. The van der Waals surface area contributed by atoms with Crippen LogP contribution < -0.4 is 9.88 Å². The third-order valence-electron chi connectivity index (χ3n) is 1.93. The lowest BCUT2D eigenvalue weighted by molar-refractivity contribution is 0.260. The van der Waals surface area contributed by atoms with Gasteiger partial charge in [-0.05, 0) is 18.2 Å².